The first kappa shape index (κ1) is 18.4. The Morgan fingerprint density at radius 2 is 1.65 bits per heavy atom. The van der Waals surface area contributed by atoms with E-state index in [9.17, 15) is 14.4 Å². The number of hydrogen-bond acceptors (Lipinski definition) is 4. The fourth-order valence-corrected chi connectivity index (χ4v) is 1.78. The first-order valence-corrected chi connectivity index (χ1v) is 6.79. The van der Waals surface area contributed by atoms with Gasteiger partial charge in [-0.1, -0.05) is 27.7 Å². The van der Waals surface area contributed by atoms with E-state index in [-0.39, 0.29) is 30.8 Å². The zero-order valence-corrected chi connectivity index (χ0v) is 12.9. The number of rotatable bonds is 8. The molecule has 2 unspecified atom stereocenters. The normalized spacial score (nSPS) is 13.7. The van der Waals surface area contributed by atoms with Crippen LogP contribution < -0.4 is 0 Å². The lowest BCUT2D eigenvalue weighted by Gasteiger charge is -2.28. The molecule has 0 aliphatic rings. The smallest absolute Gasteiger partial charge is 0.307 e. The van der Waals surface area contributed by atoms with Gasteiger partial charge in [0.2, 0.25) is 5.91 Å². The molecule has 6 nitrogen and oxygen atoms in total. The van der Waals surface area contributed by atoms with E-state index in [0.717, 1.165) is 0 Å². The van der Waals surface area contributed by atoms with Crippen molar-refractivity contribution < 1.29 is 24.2 Å². The first-order chi connectivity index (χ1) is 9.20. The lowest BCUT2D eigenvalue weighted by atomic mass is 9.94. The zero-order valence-electron chi connectivity index (χ0n) is 12.9. The van der Waals surface area contributed by atoms with Gasteiger partial charge in [0.25, 0.3) is 0 Å². The fraction of sp³-hybridized carbons (Fsp3) is 0.786. The van der Waals surface area contributed by atoms with Gasteiger partial charge in [-0.3, -0.25) is 14.4 Å². The second-order valence-electron chi connectivity index (χ2n) is 5.42. The molecule has 0 saturated heterocycles. The monoisotopic (exact) mass is 287 g/mol. The van der Waals surface area contributed by atoms with Crippen molar-refractivity contribution in [3.05, 3.63) is 0 Å². The number of aliphatic carboxylic acids is 1. The summed E-state index contributed by atoms with van der Waals surface area (Å²) in [7, 11) is 1.30. The Kier molecular flexibility index (Phi) is 7.87. The first-order valence-electron chi connectivity index (χ1n) is 6.79. The second-order valence-corrected chi connectivity index (χ2v) is 5.42. The number of carboxylic acids is 1. The van der Waals surface area contributed by atoms with E-state index < -0.39 is 17.8 Å². The fourth-order valence-electron chi connectivity index (χ4n) is 1.78. The summed E-state index contributed by atoms with van der Waals surface area (Å²) in [6.07, 6.45) is 0.114. The number of hydrogen-bond donors (Lipinski definition) is 1. The highest BCUT2D eigenvalue weighted by atomic mass is 16.5. The Morgan fingerprint density at radius 3 is 2.05 bits per heavy atom. The molecule has 116 valence electrons. The molecule has 0 rings (SSSR count). The average Bonchev–Trinajstić information content (AvgIpc) is 2.39. The van der Waals surface area contributed by atoms with Gasteiger partial charge in [-0.15, -0.1) is 0 Å². The Bertz CT molecular complexity index is 353. The summed E-state index contributed by atoms with van der Waals surface area (Å²) in [4.78, 5) is 36.0. The number of carboxylic acid groups (broad SMARTS) is 1. The minimum Gasteiger partial charge on any atom is -0.481 e. The van der Waals surface area contributed by atoms with Crippen LogP contribution in [0.1, 0.15) is 34.1 Å². The molecule has 2 atom stereocenters. The van der Waals surface area contributed by atoms with E-state index in [1.165, 1.54) is 14.0 Å². The number of carbonyl (C=O) groups is 3. The van der Waals surface area contributed by atoms with E-state index in [4.69, 9.17) is 5.11 Å². The average molecular weight is 287 g/mol. The number of carbonyl (C=O) groups excluding carboxylic acids is 2. The molecule has 0 aromatic rings. The van der Waals surface area contributed by atoms with Crippen LogP contribution >= 0.6 is 0 Å². The van der Waals surface area contributed by atoms with Crippen molar-refractivity contribution in [1.82, 2.24) is 4.90 Å². The molecule has 0 saturated carbocycles. The molecule has 6 heteroatoms. The van der Waals surface area contributed by atoms with E-state index in [1.807, 2.05) is 13.8 Å². The largest absolute Gasteiger partial charge is 0.481 e. The molecule has 0 aliphatic heterocycles. The van der Waals surface area contributed by atoms with Crippen LogP contribution in [0.25, 0.3) is 0 Å². The van der Waals surface area contributed by atoms with Gasteiger partial charge in [-0.25, -0.2) is 0 Å². The van der Waals surface area contributed by atoms with Gasteiger partial charge in [-0.2, -0.15) is 0 Å². The van der Waals surface area contributed by atoms with Crippen LogP contribution in [-0.4, -0.2) is 48.1 Å². The molecule has 1 N–H and O–H groups in total. The van der Waals surface area contributed by atoms with Gasteiger partial charge in [-0.05, 0) is 5.92 Å². The lowest BCUT2D eigenvalue weighted by molar-refractivity contribution is -0.150. The van der Waals surface area contributed by atoms with Crippen LogP contribution in [0.15, 0.2) is 0 Å². The molecule has 0 aliphatic carbocycles. The summed E-state index contributed by atoms with van der Waals surface area (Å²) in [6, 6.07) is 0. The summed E-state index contributed by atoms with van der Waals surface area (Å²) in [5.41, 5.74) is 0. The highest BCUT2D eigenvalue weighted by Crippen LogP contribution is 2.16. The summed E-state index contributed by atoms with van der Waals surface area (Å²) < 4.78 is 4.56. The standard InChI is InChI=1S/C14H25NO5/c1-9(2)8-15(7-6-12(16)20-5)13(17)10(3)11(4)14(18)19/h9-11H,6-8H2,1-5H3,(H,18,19). The summed E-state index contributed by atoms with van der Waals surface area (Å²) in [5.74, 6) is -2.76. The topological polar surface area (TPSA) is 83.9 Å². The van der Waals surface area contributed by atoms with Gasteiger partial charge in [0.05, 0.1) is 19.4 Å². The van der Waals surface area contributed by atoms with Crippen molar-refractivity contribution in [3.63, 3.8) is 0 Å². The number of esters is 1. The van der Waals surface area contributed by atoms with Crippen molar-refractivity contribution in [2.24, 2.45) is 17.8 Å². The van der Waals surface area contributed by atoms with Gasteiger partial charge in [0.1, 0.15) is 0 Å². The van der Waals surface area contributed by atoms with E-state index in [1.54, 1.807) is 11.8 Å². The Hall–Kier alpha value is -1.59. The van der Waals surface area contributed by atoms with Gasteiger partial charge in [0, 0.05) is 19.0 Å². The number of amides is 1. The number of nitrogens with zero attached hydrogens (tertiary/aromatic N) is 1. The van der Waals surface area contributed by atoms with E-state index in [2.05, 4.69) is 4.74 Å². The number of ether oxygens (including phenoxy) is 1. The van der Waals surface area contributed by atoms with Crippen molar-refractivity contribution in [1.29, 1.82) is 0 Å². The van der Waals surface area contributed by atoms with Crippen molar-refractivity contribution in [2.45, 2.75) is 34.1 Å². The predicted octanol–water partition coefficient (Wildman–Crippen LogP) is 1.39. The highest BCUT2D eigenvalue weighted by molar-refractivity contribution is 5.84. The summed E-state index contributed by atoms with van der Waals surface area (Å²) in [5, 5.41) is 8.98. The SMILES string of the molecule is COC(=O)CCN(CC(C)C)C(=O)C(C)C(C)C(=O)O. The molecule has 0 aromatic heterocycles. The minimum absolute atomic E-state index is 0.114. The number of methoxy groups -OCH3 is 1. The molecule has 0 spiro atoms. The molecule has 0 aromatic carbocycles. The molecule has 20 heavy (non-hydrogen) atoms. The van der Waals surface area contributed by atoms with E-state index >= 15 is 0 Å². The third-order valence-corrected chi connectivity index (χ3v) is 3.24. The van der Waals surface area contributed by atoms with Crippen molar-refractivity contribution in [2.75, 3.05) is 20.2 Å². The zero-order chi connectivity index (χ0) is 15.9. The van der Waals surface area contributed by atoms with Crippen molar-refractivity contribution in [3.8, 4) is 0 Å². The molecular formula is C14H25NO5. The third-order valence-electron chi connectivity index (χ3n) is 3.24. The van der Waals surface area contributed by atoms with Gasteiger partial charge < -0.3 is 14.7 Å². The third kappa shape index (κ3) is 6.04. The highest BCUT2D eigenvalue weighted by Gasteiger charge is 2.29. The van der Waals surface area contributed by atoms with Gasteiger partial charge in [0.15, 0.2) is 0 Å². The maximum Gasteiger partial charge on any atom is 0.307 e. The predicted molar refractivity (Wildman–Crippen MR) is 74.0 cm³/mol. The van der Waals surface area contributed by atoms with Gasteiger partial charge >= 0.3 is 11.9 Å². The minimum atomic E-state index is -0.997. The lowest BCUT2D eigenvalue weighted by Crippen LogP contribution is -2.42. The van der Waals surface area contributed by atoms with Crippen LogP contribution in [0.2, 0.25) is 0 Å². The molecule has 1 amide bonds. The van der Waals surface area contributed by atoms with Crippen LogP contribution in [0, 0.1) is 17.8 Å². The molecular weight excluding hydrogens is 262 g/mol. The summed E-state index contributed by atoms with van der Waals surface area (Å²) in [6.45, 7) is 7.78. The van der Waals surface area contributed by atoms with Crippen LogP contribution in [-0.2, 0) is 19.1 Å². The molecule has 0 radical (unpaired) electrons. The second kappa shape index (κ2) is 8.55. The maximum atomic E-state index is 12.3. The van der Waals surface area contributed by atoms with E-state index in [0.29, 0.717) is 6.54 Å². The molecule has 0 heterocycles. The van der Waals surface area contributed by atoms with Crippen LogP contribution in [0.3, 0.4) is 0 Å². The Morgan fingerprint density at radius 1 is 1.10 bits per heavy atom. The maximum absolute atomic E-state index is 12.3. The molecule has 0 bridgehead atoms. The summed E-state index contributed by atoms with van der Waals surface area (Å²) >= 11 is 0. The quantitative estimate of drug-likeness (QED) is 0.682. The van der Waals surface area contributed by atoms with Crippen LogP contribution in [0.5, 0.6) is 0 Å². The molecule has 0 fully saturated rings. The van der Waals surface area contributed by atoms with Crippen molar-refractivity contribution >= 4 is 17.8 Å². The Labute approximate surface area is 120 Å². The van der Waals surface area contributed by atoms with Crippen LogP contribution in [0.4, 0.5) is 0 Å². The Balaban J connectivity index is 4.79.